The highest BCUT2D eigenvalue weighted by atomic mass is 32.2. The Morgan fingerprint density at radius 2 is 2.57 bits per heavy atom. The molecule has 1 aromatic heterocycles. The van der Waals surface area contributed by atoms with Crippen LogP contribution >= 0.6 is 11.8 Å². The number of ether oxygens (including phenoxy) is 1. The zero-order chi connectivity index (χ0) is 10.4. The van der Waals surface area contributed by atoms with Gasteiger partial charge in [-0.05, 0) is 0 Å². The Morgan fingerprint density at radius 3 is 3.21 bits per heavy atom. The molecular weight excluding hydrogens is 206 g/mol. The number of nitrogens with zero attached hydrogens (tertiary/aromatic N) is 1. The SMILES string of the molecule is COCc1cc(CSCC(=O)O)no1. The first kappa shape index (κ1) is 11.1. The molecule has 1 N–H and O–H groups in total. The summed E-state index contributed by atoms with van der Waals surface area (Å²) in [4.78, 5) is 10.2. The predicted octanol–water partition coefficient (Wildman–Crippen LogP) is 1.14. The molecule has 0 radical (unpaired) electrons. The molecule has 0 spiro atoms. The quantitative estimate of drug-likeness (QED) is 0.770. The highest BCUT2D eigenvalue weighted by molar-refractivity contribution is 7.99. The zero-order valence-electron chi connectivity index (χ0n) is 7.73. The number of rotatable bonds is 6. The van der Waals surface area contributed by atoms with Gasteiger partial charge in [-0.3, -0.25) is 4.79 Å². The van der Waals surface area contributed by atoms with Crippen LogP contribution in [0.4, 0.5) is 0 Å². The predicted molar refractivity (Wildman–Crippen MR) is 51.0 cm³/mol. The molecule has 0 aliphatic carbocycles. The van der Waals surface area contributed by atoms with E-state index in [0.717, 1.165) is 5.69 Å². The molecule has 1 rings (SSSR count). The van der Waals surface area contributed by atoms with Crippen molar-refractivity contribution in [3.05, 3.63) is 17.5 Å². The molecule has 0 fully saturated rings. The number of carbonyl (C=O) groups is 1. The van der Waals surface area contributed by atoms with Crippen molar-refractivity contribution in [1.82, 2.24) is 5.16 Å². The number of aliphatic carboxylic acids is 1. The van der Waals surface area contributed by atoms with Crippen LogP contribution in [0.25, 0.3) is 0 Å². The summed E-state index contributed by atoms with van der Waals surface area (Å²) in [7, 11) is 1.57. The van der Waals surface area contributed by atoms with E-state index in [1.54, 1.807) is 13.2 Å². The van der Waals surface area contributed by atoms with Gasteiger partial charge in [-0.25, -0.2) is 0 Å². The Balaban J connectivity index is 2.32. The second-order valence-electron chi connectivity index (χ2n) is 2.60. The lowest BCUT2D eigenvalue weighted by atomic mass is 10.4. The van der Waals surface area contributed by atoms with Crippen LogP contribution in [0.15, 0.2) is 10.6 Å². The molecule has 0 aromatic carbocycles. The van der Waals surface area contributed by atoms with E-state index in [4.69, 9.17) is 14.4 Å². The lowest BCUT2D eigenvalue weighted by molar-refractivity contribution is -0.133. The Labute approximate surface area is 85.4 Å². The summed E-state index contributed by atoms with van der Waals surface area (Å²) in [5.74, 6) is 0.445. The van der Waals surface area contributed by atoms with Gasteiger partial charge in [-0.1, -0.05) is 5.16 Å². The van der Waals surface area contributed by atoms with Gasteiger partial charge in [0, 0.05) is 18.9 Å². The fraction of sp³-hybridized carbons (Fsp3) is 0.500. The van der Waals surface area contributed by atoms with Gasteiger partial charge in [0.2, 0.25) is 0 Å². The number of thioether (sulfide) groups is 1. The fourth-order valence-electron chi connectivity index (χ4n) is 0.877. The number of carboxylic acid groups (broad SMARTS) is 1. The largest absolute Gasteiger partial charge is 0.481 e. The van der Waals surface area contributed by atoms with E-state index < -0.39 is 5.97 Å². The Kier molecular flexibility index (Phi) is 4.48. The number of methoxy groups -OCH3 is 1. The van der Waals surface area contributed by atoms with E-state index in [0.29, 0.717) is 18.1 Å². The normalized spacial score (nSPS) is 10.4. The van der Waals surface area contributed by atoms with Gasteiger partial charge < -0.3 is 14.4 Å². The minimum Gasteiger partial charge on any atom is -0.481 e. The Hall–Kier alpha value is -1.01. The van der Waals surface area contributed by atoms with Gasteiger partial charge in [-0.15, -0.1) is 11.8 Å². The molecule has 1 aromatic rings. The molecular formula is C8H11NO4S. The third kappa shape index (κ3) is 3.80. The van der Waals surface area contributed by atoms with E-state index in [1.165, 1.54) is 11.8 Å². The average molecular weight is 217 g/mol. The molecule has 0 atom stereocenters. The van der Waals surface area contributed by atoms with E-state index in [9.17, 15) is 4.79 Å². The smallest absolute Gasteiger partial charge is 0.313 e. The summed E-state index contributed by atoms with van der Waals surface area (Å²) in [6.07, 6.45) is 0. The van der Waals surface area contributed by atoms with Crippen LogP contribution in [-0.2, 0) is 21.9 Å². The molecule has 78 valence electrons. The molecule has 14 heavy (non-hydrogen) atoms. The van der Waals surface area contributed by atoms with Crippen molar-refractivity contribution in [3.8, 4) is 0 Å². The molecule has 0 aliphatic rings. The fourth-order valence-corrected chi connectivity index (χ4v) is 1.50. The summed E-state index contributed by atoms with van der Waals surface area (Å²) in [5, 5.41) is 12.2. The first-order valence-corrected chi connectivity index (χ1v) is 5.11. The van der Waals surface area contributed by atoms with Crippen molar-refractivity contribution in [2.24, 2.45) is 0 Å². The van der Waals surface area contributed by atoms with Crippen molar-refractivity contribution in [2.75, 3.05) is 12.9 Å². The van der Waals surface area contributed by atoms with E-state index >= 15 is 0 Å². The maximum Gasteiger partial charge on any atom is 0.313 e. The zero-order valence-corrected chi connectivity index (χ0v) is 8.54. The monoisotopic (exact) mass is 217 g/mol. The highest BCUT2D eigenvalue weighted by Crippen LogP contribution is 2.12. The van der Waals surface area contributed by atoms with Crippen molar-refractivity contribution < 1.29 is 19.2 Å². The lowest BCUT2D eigenvalue weighted by Gasteiger charge is -1.91. The van der Waals surface area contributed by atoms with Crippen molar-refractivity contribution >= 4 is 17.7 Å². The minimum absolute atomic E-state index is 0.0759. The number of hydrogen-bond donors (Lipinski definition) is 1. The Bertz CT molecular complexity index is 299. The molecule has 0 amide bonds. The van der Waals surface area contributed by atoms with Gasteiger partial charge in [0.05, 0.1) is 11.4 Å². The summed E-state index contributed by atoms with van der Waals surface area (Å²) in [6.45, 7) is 0.386. The number of hydrogen-bond acceptors (Lipinski definition) is 5. The molecule has 6 heteroatoms. The second-order valence-corrected chi connectivity index (χ2v) is 3.59. The van der Waals surface area contributed by atoms with Crippen molar-refractivity contribution in [3.63, 3.8) is 0 Å². The highest BCUT2D eigenvalue weighted by Gasteiger charge is 2.04. The van der Waals surface area contributed by atoms with Crippen LogP contribution in [0.5, 0.6) is 0 Å². The molecule has 0 saturated carbocycles. The summed E-state index contributed by atoms with van der Waals surface area (Å²) < 4.78 is 9.78. The number of carboxylic acids is 1. The average Bonchev–Trinajstić information content (AvgIpc) is 2.53. The summed E-state index contributed by atoms with van der Waals surface area (Å²) in [6, 6.07) is 1.76. The lowest BCUT2D eigenvalue weighted by Crippen LogP contribution is -1.98. The molecule has 0 aliphatic heterocycles. The van der Waals surface area contributed by atoms with Gasteiger partial charge >= 0.3 is 5.97 Å². The van der Waals surface area contributed by atoms with Crippen LogP contribution < -0.4 is 0 Å². The maximum absolute atomic E-state index is 10.2. The molecule has 0 bridgehead atoms. The summed E-state index contributed by atoms with van der Waals surface area (Å²) in [5.41, 5.74) is 0.739. The molecule has 5 nitrogen and oxygen atoms in total. The summed E-state index contributed by atoms with van der Waals surface area (Å²) >= 11 is 1.28. The molecule has 0 unspecified atom stereocenters. The van der Waals surface area contributed by atoms with Crippen molar-refractivity contribution in [2.45, 2.75) is 12.4 Å². The van der Waals surface area contributed by atoms with E-state index in [1.807, 2.05) is 0 Å². The second kappa shape index (κ2) is 5.66. The van der Waals surface area contributed by atoms with Gasteiger partial charge in [-0.2, -0.15) is 0 Å². The molecule has 0 saturated heterocycles. The molecule has 1 heterocycles. The first-order chi connectivity index (χ1) is 6.72. The maximum atomic E-state index is 10.2. The van der Waals surface area contributed by atoms with Crippen molar-refractivity contribution in [1.29, 1.82) is 0 Å². The van der Waals surface area contributed by atoms with Gasteiger partial charge in [0.1, 0.15) is 6.61 Å². The van der Waals surface area contributed by atoms with E-state index in [2.05, 4.69) is 5.16 Å². The minimum atomic E-state index is -0.824. The van der Waals surface area contributed by atoms with Gasteiger partial charge in [0.15, 0.2) is 5.76 Å². The van der Waals surface area contributed by atoms with Crippen LogP contribution in [0.3, 0.4) is 0 Å². The van der Waals surface area contributed by atoms with Crippen LogP contribution in [0.2, 0.25) is 0 Å². The van der Waals surface area contributed by atoms with Gasteiger partial charge in [0.25, 0.3) is 0 Å². The first-order valence-electron chi connectivity index (χ1n) is 3.95. The third-order valence-electron chi connectivity index (χ3n) is 1.37. The number of aromatic nitrogens is 1. The van der Waals surface area contributed by atoms with E-state index in [-0.39, 0.29) is 5.75 Å². The Morgan fingerprint density at radius 1 is 1.79 bits per heavy atom. The van der Waals surface area contributed by atoms with Crippen LogP contribution in [-0.4, -0.2) is 29.1 Å². The van der Waals surface area contributed by atoms with Crippen LogP contribution in [0.1, 0.15) is 11.5 Å². The third-order valence-corrected chi connectivity index (χ3v) is 2.32. The van der Waals surface area contributed by atoms with Crippen LogP contribution in [0, 0.1) is 0 Å². The standard InChI is InChI=1S/C8H11NO4S/c1-12-3-7-2-6(9-13-7)4-14-5-8(10)11/h2H,3-5H2,1H3,(H,10,11). The topological polar surface area (TPSA) is 72.6 Å².